The van der Waals surface area contributed by atoms with Crippen molar-refractivity contribution in [3.8, 4) is 28.5 Å². The number of amides is 1. The summed E-state index contributed by atoms with van der Waals surface area (Å²) in [4.78, 5) is 20.2. The predicted molar refractivity (Wildman–Crippen MR) is 138 cm³/mol. The Bertz CT molecular complexity index is 1280. The van der Waals surface area contributed by atoms with Gasteiger partial charge in [-0.15, -0.1) is 0 Å². The maximum atomic E-state index is 13.4. The van der Waals surface area contributed by atoms with E-state index in [0.29, 0.717) is 42.5 Å². The lowest BCUT2D eigenvalue weighted by Crippen LogP contribution is -2.43. The molecule has 4 aromatic rings. The molecule has 2 heterocycles. The Morgan fingerprint density at radius 2 is 1.72 bits per heavy atom. The first kappa shape index (κ1) is 23.8. The van der Waals surface area contributed by atoms with Crippen molar-refractivity contribution < 1.29 is 18.7 Å². The van der Waals surface area contributed by atoms with Gasteiger partial charge in [-0.2, -0.15) is 0 Å². The zero-order chi connectivity index (χ0) is 24.7. The summed E-state index contributed by atoms with van der Waals surface area (Å²) in [5.74, 6) is 1.71. The fourth-order valence-electron chi connectivity index (χ4n) is 4.46. The summed E-state index contributed by atoms with van der Waals surface area (Å²) in [6.07, 6.45) is 1.69. The molecule has 1 amide bonds. The molecule has 7 nitrogen and oxygen atoms in total. The van der Waals surface area contributed by atoms with E-state index in [9.17, 15) is 4.79 Å². The zero-order valence-electron chi connectivity index (χ0n) is 20.2. The van der Waals surface area contributed by atoms with Crippen molar-refractivity contribution >= 4 is 5.91 Å². The zero-order valence-corrected chi connectivity index (χ0v) is 20.2. The number of aromatic nitrogens is 1. The molecule has 1 saturated heterocycles. The number of oxazole rings is 1. The van der Waals surface area contributed by atoms with E-state index in [1.807, 2.05) is 60.7 Å². The van der Waals surface area contributed by atoms with Gasteiger partial charge in [-0.05, 0) is 29.8 Å². The van der Waals surface area contributed by atoms with Crippen LogP contribution in [0.2, 0.25) is 0 Å². The van der Waals surface area contributed by atoms with Crippen molar-refractivity contribution in [2.24, 2.45) is 0 Å². The van der Waals surface area contributed by atoms with Crippen LogP contribution in [0.5, 0.6) is 5.75 Å². The minimum atomic E-state index is -0.170. The van der Waals surface area contributed by atoms with Crippen LogP contribution in [0.1, 0.15) is 22.0 Å². The van der Waals surface area contributed by atoms with Crippen molar-refractivity contribution in [1.82, 2.24) is 15.2 Å². The number of hydrogen-bond acceptors (Lipinski definition) is 6. The van der Waals surface area contributed by atoms with Crippen LogP contribution in [-0.2, 0) is 4.74 Å². The molecule has 0 radical (unpaired) electrons. The molecule has 3 aromatic carbocycles. The average Bonchev–Trinajstić information content (AvgIpc) is 3.45. The third-order valence-electron chi connectivity index (χ3n) is 6.41. The molecule has 0 spiro atoms. The highest BCUT2D eigenvalue weighted by Gasteiger charge is 2.24. The topological polar surface area (TPSA) is 76.8 Å². The number of ether oxygens (including phenoxy) is 2. The first-order valence-electron chi connectivity index (χ1n) is 12.1. The number of rotatable bonds is 8. The highest BCUT2D eigenvalue weighted by atomic mass is 16.5. The van der Waals surface area contributed by atoms with Gasteiger partial charge in [-0.3, -0.25) is 9.69 Å². The summed E-state index contributed by atoms with van der Waals surface area (Å²) in [7, 11) is 1.66. The lowest BCUT2D eigenvalue weighted by molar-refractivity contribution is 0.0162. The van der Waals surface area contributed by atoms with Crippen molar-refractivity contribution in [3.05, 3.63) is 96.2 Å². The third-order valence-corrected chi connectivity index (χ3v) is 6.41. The summed E-state index contributed by atoms with van der Waals surface area (Å²) >= 11 is 0. The smallest absolute Gasteiger partial charge is 0.252 e. The number of carbonyl (C=O) groups is 1. The van der Waals surface area contributed by atoms with Crippen molar-refractivity contribution in [1.29, 1.82) is 0 Å². The maximum absolute atomic E-state index is 13.4. The molecule has 184 valence electrons. The van der Waals surface area contributed by atoms with Gasteiger partial charge in [0.15, 0.2) is 5.76 Å². The Kier molecular flexibility index (Phi) is 7.40. The van der Waals surface area contributed by atoms with E-state index in [4.69, 9.17) is 13.9 Å². The van der Waals surface area contributed by atoms with Gasteiger partial charge in [0.25, 0.3) is 5.91 Å². The van der Waals surface area contributed by atoms with E-state index in [2.05, 4.69) is 27.3 Å². The van der Waals surface area contributed by atoms with Crippen LogP contribution >= 0.6 is 0 Å². The number of methoxy groups -OCH3 is 1. The molecule has 1 atom stereocenters. The van der Waals surface area contributed by atoms with Crippen molar-refractivity contribution in [2.45, 2.75) is 6.04 Å². The fraction of sp³-hybridized carbons (Fsp3) is 0.241. The second-order valence-corrected chi connectivity index (χ2v) is 8.59. The third kappa shape index (κ3) is 5.32. The first-order valence-corrected chi connectivity index (χ1v) is 12.1. The minimum absolute atomic E-state index is 0.0161. The Hall–Kier alpha value is -3.94. The molecule has 1 fully saturated rings. The van der Waals surface area contributed by atoms with E-state index < -0.39 is 0 Å². The number of benzene rings is 3. The molecule has 0 bridgehead atoms. The number of carbonyl (C=O) groups excluding carboxylic acids is 1. The summed E-state index contributed by atoms with van der Waals surface area (Å²) in [6, 6.07) is 25.2. The van der Waals surface area contributed by atoms with E-state index in [1.54, 1.807) is 19.4 Å². The van der Waals surface area contributed by atoms with Crippen LogP contribution in [0.4, 0.5) is 0 Å². The van der Waals surface area contributed by atoms with Gasteiger partial charge >= 0.3 is 0 Å². The second-order valence-electron chi connectivity index (χ2n) is 8.59. The Labute approximate surface area is 210 Å². The van der Waals surface area contributed by atoms with Gasteiger partial charge < -0.3 is 19.2 Å². The van der Waals surface area contributed by atoms with Crippen LogP contribution in [0.25, 0.3) is 22.8 Å². The number of nitrogens with one attached hydrogen (secondary N) is 1. The lowest BCUT2D eigenvalue weighted by Gasteiger charge is -2.35. The standard InChI is InChI=1S/C29H29N3O4/c1-34-23-13-11-21(12-14-23)26(32-15-17-35-18-16-32)19-30-28(33)24-9-5-6-10-25(24)29-31-20-27(36-29)22-7-3-2-4-8-22/h2-14,20,26H,15-19H2,1H3,(H,30,33)/t26-/m0/s1. The molecule has 0 unspecified atom stereocenters. The minimum Gasteiger partial charge on any atom is -0.497 e. The molecule has 1 aliphatic rings. The lowest BCUT2D eigenvalue weighted by atomic mass is 10.0. The highest BCUT2D eigenvalue weighted by Crippen LogP contribution is 2.29. The summed E-state index contributed by atoms with van der Waals surface area (Å²) in [6.45, 7) is 3.43. The Morgan fingerprint density at radius 3 is 2.47 bits per heavy atom. The van der Waals surface area contributed by atoms with Crippen LogP contribution < -0.4 is 10.1 Å². The van der Waals surface area contributed by atoms with Crippen LogP contribution in [0.3, 0.4) is 0 Å². The molecule has 0 saturated carbocycles. The SMILES string of the molecule is COc1ccc([C@H](CNC(=O)c2ccccc2-c2ncc(-c3ccccc3)o2)N2CCOCC2)cc1. The normalized spacial score (nSPS) is 14.8. The Balaban J connectivity index is 1.35. The Morgan fingerprint density at radius 1 is 1.00 bits per heavy atom. The average molecular weight is 484 g/mol. The van der Waals surface area contributed by atoms with Gasteiger partial charge in [-0.25, -0.2) is 4.98 Å². The maximum Gasteiger partial charge on any atom is 0.252 e. The first-order chi connectivity index (χ1) is 17.7. The number of hydrogen-bond donors (Lipinski definition) is 1. The molecule has 36 heavy (non-hydrogen) atoms. The largest absolute Gasteiger partial charge is 0.497 e. The fourth-order valence-corrected chi connectivity index (χ4v) is 4.46. The molecule has 5 rings (SSSR count). The van der Waals surface area contributed by atoms with Gasteiger partial charge in [-0.1, -0.05) is 54.6 Å². The molecular weight excluding hydrogens is 454 g/mol. The highest BCUT2D eigenvalue weighted by molar-refractivity contribution is 6.00. The molecule has 1 aromatic heterocycles. The van der Waals surface area contributed by atoms with Gasteiger partial charge in [0.05, 0.1) is 38.1 Å². The second kappa shape index (κ2) is 11.2. The number of morpholine rings is 1. The van der Waals surface area contributed by atoms with Crippen molar-refractivity contribution in [3.63, 3.8) is 0 Å². The van der Waals surface area contributed by atoms with Crippen LogP contribution in [-0.4, -0.2) is 55.7 Å². The number of nitrogens with zero attached hydrogens (tertiary/aromatic N) is 2. The van der Waals surface area contributed by atoms with Crippen LogP contribution in [0.15, 0.2) is 89.5 Å². The summed E-state index contributed by atoms with van der Waals surface area (Å²) in [5, 5.41) is 3.15. The molecule has 1 N–H and O–H groups in total. The van der Waals surface area contributed by atoms with Crippen LogP contribution in [0, 0.1) is 0 Å². The van der Waals surface area contributed by atoms with E-state index >= 15 is 0 Å². The summed E-state index contributed by atoms with van der Waals surface area (Å²) in [5.41, 5.74) is 3.23. The quantitative estimate of drug-likeness (QED) is 0.387. The van der Waals surface area contributed by atoms with Gasteiger partial charge in [0.2, 0.25) is 5.89 Å². The molecule has 1 aliphatic heterocycles. The van der Waals surface area contributed by atoms with E-state index in [0.717, 1.165) is 30.0 Å². The van der Waals surface area contributed by atoms with Gasteiger partial charge in [0, 0.05) is 30.8 Å². The van der Waals surface area contributed by atoms with E-state index in [-0.39, 0.29) is 11.9 Å². The molecular formula is C29H29N3O4. The van der Waals surface area contributed by atoms with Crippen molar-refractivity contribution in [2.75, 3.05) is 40.0 Å². The summed E-state index contributed by atoms with van der Waals surface area (Å²) < 4.78 is 16.9. The molecule has 0 aliphatic carbocycles. The predicted octanol–water partition coefficient (Wildman–Crippen LogP) is 4.82. The monoisotopic (exact) mass is 483 g/mol. The van der Waals surface area contributed by atoms with Gasteiger partial charge in [0.1, 0.15) is 5.75 Å². The van der Waals surface area contributed by atoms with E-state index in [1.165, 1.54) is 0 Å². The molecule has 7 heteroatoms.